The van der Waals surface area contributed by atoms with E-state index >= 15 is 0 Å². The molecular formula is C18H29NO2. The Morgan fingerprint density at radius 1 is 1.24 bits per heavy atom. The van der Waals surface area contributed by atoms with Gasteiger partial charge in [-0.15, -0.1) is 0 Å². The predicted molar refractivity (Wildman–Crippen MR) is 86.8 cm³/mol. The largest absolute Gasteiger partial charge is 0.493 e. The van der Waals surface area contributed by atoms with Crippen LogP contribution in [0.5, 0.6) is 11.5 Å². The summed E-state index contributed by atoms with van der Waals surface area (Å²) in [6.07, 6.45) is 5.13. The van der Waals surface area contributed by atoms with Gasteiger partial charge in [0.15, 0.2) is 0 Å². The number of nitrogens with two attached hydrogens (primary N) is 1. The Morgan fingerprint density at radius 3 is 2.48 bits per heavy atom. The van der Waals surface area contributed by atoms with E-state index in [9.17, 15) is 0 Å². The lowest BCUT2D eigenvalue weighted by Crippen LogP contribution is -2.29. The predicted octanol–water partition coefficient (Wildman–Crippen LogP) is 4.01. The van der Waals surface area contributed by atoms with Crippen LogP contribution in [0.2, 0.25) is 0 Å². The van der Waals surface area contributed by atoms with E-state index < -0.39 is 0 Å². The van der Waals surface area contributed by atoms with Crippen LogP contribution < -0.4 is 15.2 Å². The molecule has 118 valence electrons. The first-order valence-electron chi connectivity index (χ1n) is 8.23. The molecule has 1 aromatic rings. The molecule has 0 saturated heterocycles. The van der Waals surface area contributed by atoms with Crippen molar-refractivity contribution in [3.8, 4) is 11.5 Å². The summed E-state index contributed by atoms with van der Waals surface area (Å²) in [5.41, 5.74) is 5.94. The highest BCUT2D eigenvalue weighted by Crippen LogP contribution is 2.50. The Morgan fingerprint density at radius 2 is 1.90 bits per heavy atom. The lowest BCUT2D eigenvalue weighted by molar-refractivity contribution is 0.107. The molecule has 0 spiro atoms. The van der Waals surface area contributed by atoms with Gasteiger partial charge in [0.25, 0.3) is 0 Å². The molecule has 1 saturated carbocycles. The third-order valence-electron chi connectivity index (χ3n) is 4.85. The zero-order valence-electron chi connectivity index (χ0n) is 13.6. The van der Waals surface area contributed by atoms with E-state index in [1.54, 1.807) is 0 Å². The number of hydrogen-bond donors (Lipinski definition) is 1. The minimum atomic E-state index is 0.0251. The lowest BCUT2D eigenvalue weighted by atomic mass is 9.78. The minimum Gasteiger partial charge on any atom is -0.493 e. The molecule has 2 rings (SSSR count). The molecule has 1 fully saturated rings. The molecule has 0 radical (unpaired) electrons. The Hall–Kier alpha value is -1.22. The highest BCUT2D eigenvalue weighted by atomic mass is 16.5. The number of benzene rings is 1. The number of ether oxygens (including phenoxy) is 2. The van der Waals surface area contributed by atoms with Crippen LogP contribution in [0.25, 0.3) is 0 Å². The standard InChI is InChI=1S/C18H29NO2/c1-4-18(5-2,15-9-10-15)13-20-16-7-6-8-17(11-16)21-14(3)12-19/h6-8,11,14-15H,4-5,9-10,12-13,19H2,1-3H3. The molecule has 1 aliphatic rings. The Bertz CT molecular complexity index is 439. The molecule has 1 atom stereocenters. The van der Waals surface area contributed by atoms with E-state index in [0.29, 0.717) is 12.0 Å². The molecule has 3 heteroatoms. The van der Waals surface area contributed by atoms with Crippen LogP contribution in [0.4, 0.5) is 0 Å². The summed E-state index contributed by atoms with van der Waals surface area (Å²) in [5, 5.41) is 0. The van der Waals surface area contributed by atoms with Crippen LogP contribution in [-0.2, 0) is 0 Å². The van der Waals surface area contributed by atoms with Crippen molar-refractivity contribution in [2.45, 2.75) is 52.6 Å². The van der Waals surface area contributed by atoms with Crippen LogP contribution in [0, 0.1) is 11.3 Å². The quantitative estimate of drug-likeness (QED) is 0.747. The molecule has 0 aromatic heterocycles. The zero-order chi connectivity index (χ0) is 15.3. The van der Waals surface area contributed by atoms with Crippen molar-refractivity contribution in [1.29, 1.82) is 0 Å². The molecule has 1 aliphatic carbocycles. The van der Waals surface area contributed by atoms with Crippen molar-refractivity contribution in [3.63, 3.8) is 0 Å². The fourth-order valence-corrected chi connectivity index (χ4v) is 2.99. The van der Waals surface area contributed by atoms with Gasteiger partial charge in [-0.05, 0) is 50.7 Å². The summed E-state index contributed by atoms with van der Waals surface area (Å²) in [7, 11) is 0. The molecule has 2 N–H and O–H groups in total. The van der Waals surface area contributed by atoms with Crippen LogP contribution >= 0.6 is 0 Å². The highest BCUT2D eigenvalue weighted by Gasteiger charge is 2.43. The van der Waals surface area contributed by atoms with E-state index in [-0.39, 0.29) is 6.10 Å². The Labute approximate surface area is 128 Å². The van der Waals surface area contributed by atoms with E-state index in [1.165, 1.54) is 25.7 Å². The first-order valence-corrected chi connectivity index (χ1v) is 8.23. The molecule has 1 aromatic carbocycles. The van der Waals surface area contributed by atoms with Gasteiger partial charge in [-0.1, -0.05) is 19.9 Å². The summed E-state index contributed by atoms with van der Waals surface area (Å²) < 4.78 is 11.8. The van der Waals surface area contributed by atoms with Crippen molar-refractivity contribution >= 4 is 0 Å². The molecule has 0 aliphatic heterocycles. The summed E-state index contributed by atoms with van der Waals surface area (Å²) in [6.45, 7) is 7.86. The maximum atomic E-state index is 6.10. The zero-order valence-corrected chi connectivity index (χ0v) is 13.6. The second kappa shape index (κ2) is 7.17. The van der Waals surface area contributed by atoms with Crippen molar-refractivity contribution in [2.24, 2.45) is 17.1 Å². The van der Waals surface area contributed by atoms with Crippen LogP contribution in [0.15, 0.2) is 24.3 Å². The number of hydrogen-bond acceptors (Lipinski definition) is 3. The second-order valence-electron chi connectivity index (χ2n) is 6.27. The monoisotopic (exact) mass is 291 g/mol. The van der Waals surface area contributed by atoms with Crippen LogP contribution in [0.1, 0.15) is 46.5 Å². The molecule has 21 heavy (non-hydrogen) atoms. The van der Waals surface area contributed by atoms with E-state index in [2.05, 4.69) is 13.8 Å². The first-order chi connectivity index (χ1) is 10.1. The van der Waals surface area contributed by atoms with Crippen molar-refractivity contribution in [1.82, 2.24) is 0 Å². The van der Waals surface area contributed by atoms with Gasteiger partial charge in [0, 0.05) is 18.0 Å². The van der Waals surface area contributed by atoms with Crippen molar-refractivity contribution in [2.75, 3.05) is 13.2 Å². The van der Waals surface area contributed by atoms with Gasteiger partial charge in [-0.25, -0.2) is 0 Å². The SMILES string of the molecule is CCC(CC)(COc1cccc(OC(C)CN)c1)C1CC1. The topological polar surface area (TPSA) is 44.5 Å². The normalized spacial score (nSPS) is 16.6. The fourth-order valence-electron chi connectivity index (χ4n) is 2.99. The fraction of sp³-hybridized carbons (Fsp3) is 0.667. The van der Waals surface area contributed by atoms with Gasteiger partial charge >= 0.3 is 0 Å². The summed E-state index contributed by atoms with van der Waals surface area (Å²) in [6, 6.07) is 7.90. The van der Waals surface area contributed by atoms with E-state index in [1.807, 2.05) is 31.2 Å². The van der Waals surface area contributed by atoms with E-state index in [4.69, 9.17) is 15.2 Å². The third-order valence-corrected chi connectivity index (χ3v) is 4.85. The molecule has 3 nitrogen and oxygen atoms in total. The van der Waals surface area contributed by atoms with Gasteiger partial charge in [-0.2, -0.15) is 0 Å². The maximum Gasteiger partial charge on any atom is 0.123 e. The maximum absolute atomic E-state index is 6.10. The average molecular weight is 291 g/mol. The second-order valence-corrected chi connectivity index (χ2v) is 6.27. The molecule has 0 amide bonds. The van der Waals surface area contributed by atoms with Crippen molar-refractivity contribution < 1.29 is 9.47 Å². The Kier molecular flexibility index (Phi) is 5.51. The third kappa shape index (κ3) is 4.13. The average Bonchev–Trinajstić information content (AvgIpc) is 3.34. The van der Waals surface area contributed by atoms with Gasteiger partial charge in [0.1, 0.15) is 17.6 Å². The van der Waals surface area contributed by atoms with E-state index in [0.717, 1.165) is 24.0 Å². The first kappa shape index (κ1) is 16.2. The van der Waals surface area contributed by atoms with Crippen LogP contribution in [-0.4, -0.2) is 19.3 Å². The summed E-state index contributed by atoms with van der Waals surface area (Å²) >= 11 is 0. The van der Waals surface area contributed by atoms with Gasteiger partial charge < -0.3 is 15.2 Å². The van der Waals surface area contributed by atoms with Crippen molar-refractivity contribution in [3.05, 3.63) is 24.3 Å². The molecule has 0 heterocycles. The summed E-state index contributed by atoms with van der Waals surface area (Å²) in [5.74, 6) is 2.57. The molecule has 1 unspecified atom stereocenters. The highest BCUT2D eigenvalue weighted by molar-refractivity contribution is 5.33. The minimum absolute atomic E-state index is 0.0251. The lowest BCUT2D eigenvalue weighted by Gasteiger charge is -2.31. The smallest absolute Gasteiger partial charge is 0.123 e. The van der Waals surface area contributed by atoms with Crippen LogP contribution in [0.3, 0.4) is 0 Å². The van der Waals surface area contributed by atoms with Gasteiger partial charge in [-0.3, -0.25) is 0 Å². The van der Waals surface area contributed by atoms with Gasteiger partial charge in [0.05, 0.1) is 6.61 Å². The summed E-state index contributed by atoms with van der Waals surface area (Å²) in [4.78, 5) is 0. The Balaban J connectivity index is 1.97. The van der Waals surface area contributed by atoms with Gasteiger partial charge in [0.2, 0.25) is 0 Å². The molecule has 0 bridgehead atoms. The number of rotatable bonds is 9. The molecular weight excluding hydrogens is 262 g/mol.